The van der Waals surface area contributed by atoms with Crippen LogP contribution in [-0.2, 0) is 32.9 Å². The lowest BCUT2D eigenvalue weighted by Crippen LogP contribution is -2.63. The molecule has 4 rings (SSSR count). The molecule has 38 heavy (non-hydrogen) atoms. The van der Waals surface area contributed by atoms with Crippen LogP contribution in [0.25, 0.3) is 0 Å². The summed E-state index contributed by atoms with van der Waals surface area (Å²) < 4.78 is 31.2. The van der Waals surface area contributed by atoms with Gasteiger partial charge in [-0.25, -0.2) is 4.79 Å². The van der Waals surface area contributed by atoms with Crippen molar-refractivity contribution in [2.24, 2.45) is 17.3 Å². The van der Waals surface area contributed by atoms with Gasteiger partial charge < -0.3 is 19.1 Å². The minimum absolute atomic E-state index is 0.0229. The third-order valence-electron chi connectivity index (χ3n) is 6.71. The first-order valence-electron chi connectivity index (χ1n) is 12.4. The number of amides is 1. The summed E-state index contributed by atoms with van der Waals surface area (Å²) in [5.41, 5.74) is -1.01. The lowest BCUT2D eigenvalue weighted by atomic mass is 9.79. The molecule has 2 heterocycles. The third kappa shape index (κ3) is 4.88. The summed E-state index contributed by atoms with van der Waals surface area (Å²) in [5, 5.41) is 11.1. The Balaban J connectivity index is 1.74. The Morgan fingerprint density at radius 1 is 1.00 bits per heavy atom. The Labute approximate surface area is 221 Å². The van der Waals surface area contributed by atoms with Gasteiger partial charge in [0.2, 0.25) is 12.7 Å². The molecule has 4 atom stereocenters. The van der Waals surface area contributed by atoms with E-state index in [1.807, 2.05) is 0 Å². The quantitative estimate of drug-likeness (QED) is 0.234. The first kappa shape index (κ1) is 27.6. The Morgan fingerprint density at radius 3 is 2.00 bits per heavy atom. The highest BCUT2D eigenvalue weighted by Gasteiger charge is 2.61. The van der Waals surface area contributed by atoms with Crippen LogP contribution in [0.5, 0.6) is 0 Å². The second-order valence-corrected chi connectivity index (χ2v) is 12.8. The van der Waals surface area contributed by atoms with Gasteiger partial charge in [0.25, 0.3) is 0 Å². The van der Waals surface area contributed by atoms with E-state index in [9.17, 15) is 24.1 Å². The summed E-state index contributed by atoms with van der Waals surface area (Å²) in [7, 11) is -3.79. The van der Waals surface area contributed by atoms with E-state index < -0.39 is 61.4 Å². The van der Waals surface area contributed by atoms with Gasteiger partial charge >= 0.3 is 19.3 Å². The highest BCUT2D eigenvalue weighted by Crippen LogP contribution is 2.55. The second kappa shape index (κ2) is 10.4. The van der Waals surface area contributed by atoms with E-state index in [0.29, 0.717) is 10.6 Å². The predicted molar refractivity (Wildman–Crippen MR) is 139 cm³/mol. The van der Waals surface area contributed by atoms with Gasteiger partial charge in [0, 0.05) is 5.92 Å². The first-order chi connectivity index (χ1) is 17.9. The van der Waals surface area contributed by atoms with E-state index >= 15 is 0 Å². The molecule has 202 valence electrons. The average molecular weight is 542 g/mol. The van der Waals surface area contributed by atoms with Crippen LogP contribution in [0.3, 0.4) is 0 Å². The topological polar surface area (TPSA) is 119 Å². The minimum Gasteiger partial charge on any atom is -0.439 e. The Hall–Kier alpha value is -3.42. The van der Waals surface area contributed by atoms with E-state index in [2.05, 4.69) is 0 Å². The summed E-state index contributed by atoms with van der Waals surface area (Å²) in [4.78, 5) is 39.7. The van der Waals surface area contributed by atoms with Gasteiger partial charge in [0.05, 0.1) is 34.1 Å². The zero-order valence-electron chi connectivity index (χ0n) is 22.0. The number of carbonyl (C=O) groups is 3. The number of nitrogens with zero attached hydrogens (tertiary/aromatic N) is 1. The maximum Gasteiger partial charge on any atom is 0.361 e. The van der Waals surface area contributed by atoms with Crippen LogP contribution < -0.4 is 10.6 Å². The number of ether oxygens (including phenoxy) is 2. The van der Waals surface area contributed by atoms with Crippen molar-refractivity contribution >= 4 is 35.8 Å². The highest BCUT2D eigenvalue weighted by atomic mass is 31.2. The van der Waals surface area contributed by atoms with Crippen LogP contribution in [0.2, 0.25) is 0 Å². The fourth-order valence-corrected chi connectivity index (χ4v) is 6.86. The maximum atomic E-state index is 14.6. The molecule has 0 bridgehead atoms. The Morgan fingerprint density at radius 2 is 1.53 bits per heavy atom. The smallest absolute Gasteiger partial charge is 0.361 e. The summed E-state index contributed by atoms with van der Waals surface area (Å²) >= 11 is 0. The molecular weight excluding hydrogens is 509 g/mol. The molecule has 1 amide bonds. The fraction of sp³-hybridized carbons (Fsp3) is 0.393. The molecule has 9 nitrogen and oxygen atoms in total. The molecule has 1 saturated heterocycles. The van der Waals surface area contributed by atoms with Crippen molar-refractivity contribution in [3.63, 3.8) is 0 Å². The SMILES string of the molecule is C[C@@H](O)[C@H]1C(=O)N2C(C(=O)OCOC(=O)C(C)(C)C)=C(OP(=O)(c3ccccc3)c3ccccc3)[C@H](C)[C@H]12. The molecule has 1 fully saturated rings. The van der Waals surface area contributed by atoms with Crippen molar-refractivity contribution < 1.29 is 38.1 Å². The zero-order chi connectivity index (χ0) is 27.8. The van der Waals surface area contributed by atoms with E-state index in [1.165, 1.54) is 11.8 Å². The van der Waals surface area contributed by atoms with Crippen LogP contribution in [0.4, 0.5) is 0 Å². The summed E-state index contributed by atoms with van der Waals surface area (Å²) in [5.74, 6) is -3.31. The summed E-state index contributed by atoms with van der Waals surface area (Å²) in [6.45, 7) is 7.57. The second-order valence-electron chi connectivity index (χ2n) is 10.5. The third-order valence-corrected chi connectivity index (χ3v) is 9.12. The van der Waals surface area contributed by atoms with Crippen molar-refractivity contribution in [1.82, 2.24) is 4.90 Å². The molecule has 0 aromatic heterocycles. The van der Waals surface area contributed by atoms with Gasteiger partial charge in [0.1, 0.15) is 5.76 Å². The fourth-order valence-electron chi connectivity index (χ4n) is 4.70. The van der Waals surface area contributed by atoms with Crippen molar-refractivity contribution in [1.29, 1.82) is 0 Å². The molecule has 2 aliphatic rings. The van der Waals surface area contributed by atoms with Gasteiger partial charge in [-0.3, -0.25) is 19.1 Å². The number of hydrogen-bond acceptors (Lipinski definition) is 8. The largest absolute Gasteiger partial charge is 0.439 e. The predicted octanol–water partition coefficient (Wildman–Crippen LogP) is 3.09. The number of aliphatic hydroxyl groups excluding tert-OH is 1. The van der Waals surface area contributed by atoms with Gasteiger partial charge in [-0.15, -0.1) is 0 Å². The van der Waals surface area contributed by atoms with Crippen LogP contribution in [0, 0.1) is 17.3 Å². The molecule has 0 spiro atoms. The Kier molecular flexibility index (Phi) is 7.55. The lowest BCUT2D eigenvalue weighted by molar-refractivity contribution is -0.175. The van der Waals surface area contributed by atoms with Crippen LogP contribution >= 0.6 is 7.37 Å². The maximum absolute atomic E-state index is 14.6. The number of fused-ring (bicyclic) bond motifs is 1. The zero-order valence-corrected chi connectivity index (χ0v) is 22.9. The van der Waals surface area contributed by atoms with Crippen molar-refractivity contribution in [3.8, 4) is 0 Å². The molecule has 1 N–H and O–H groups in total. The van der Waals surface area contributed by atoms with Crippen LogP contribution in [-0.4, -0.2) is 46.8 Å². The molecule has 0 unspecified atom stereocenters. The first-order valence-corrected chi connectivity index (χ1v) is 14.0. The number of hydrogen-bond donors (Lipinski definition) is 1. The van der Waals surface area contributed by atoms with E-state index in [-0.39, 0.29) is 11.5 Å². The van der Waals surface area contributed by atoms with Crippen molar-refractivity contribution in [2.45, 2.75) is 46.8 Å². The molecule has 2 aromatic carbocycles. The molecule has 10 heteroatoms. The highest BCUT2D eigenvalue weighted by molar-refractivity contribution is 7.74. The normalized spacial score (nSPS) is 21.9. The number of aliphatic hydroxyl groups is 1. The lowest BCUT2D eigenvalue weighted by Gasteiger charge is -2.46. The van der Waals surface area contributed by atoms with E-state index in [0.717, 1.165) is 0 Å². The molecule has 2 aromatic rings. The number of rotatable bonds is 8. The van der Waals surface area contributed by atoms with Crippen LogP contribution in [0.15, 0.2) is 72.1 Å². The molecule has 0 aliphatic carbocycles. The van der Waals surface area contributed by atoms with E-state index in [1.54, 1.807) is 88.4 Å². The average Bonchev–Trinajstić information content (AvgIpc) is 3.11. The molecule has 0 radical (unpaired) electrons. The standard InChI is InChI=1S/C28H32NO8P/c1-17-22-21(18(2)30)25(31)29(22)23(26(32)35-16-36-27(33)28(3,4)5)24(17)37-38(34,19-12-8-6-9-13-19)20-14-10-7-11-15-20/h6-15,17-18,21-22,30H,16H2,1-5H3/t17-,18-,21-,22-/m1/s1. The Bertz CT molecular complexity index is 1260. The van der Waals surface area contributed by atoms with Gasteiger partial charge in [-0.1, -0.05) is 43.3 Å². The summed E-state index contributed by atoms with van der Waals surface area (Å²) in [6.07, 6.45) is -0.967. The van der Waals surface area contributed by atoms with Crippen LogP contribution in [0.1, 0.15) is 34.6 Å². The van der Waals surface area contributed by atoms with Crippen molar-refractivity contribution in [3.05, 3.63) is 72.1 Å². The van der Waals surface area contributed by atoms with Gasteiger partial charge in [-0.2, -0.15) is 0 Å². The van der Waals surface area contributed by atoms with E-state index in [4.69, 9.17) is 14.0 Å². The monoisotopic (exact) mass is 541 g/mol. The molecule has 2 aliphatic heterocycles. The van der Waals surface area contributed by atoms with Gasteiger partial charge in [-0.05, 0) is 52.0 Å². The summed E-state index contributed by atoms with van der Waals surface area (Å²) in [6, 6.07) is 16.6. The molecular formula is C28H32NO8P. The number of benzene rings is 2. The minimum atomic E-state index is -3.79. The number of carbonyl (C=O) groups excluding carboxylic acids is 3. The van der Waals surface area contributed by atoms with Gasteiger partial charge in [0.15, 0.2) is 5.70 Å². The molecule has 0 saturated carbocycles. The number of esters is 2. The number of β-lactam (4-membered cyclic amide) rings is 1. The van der Waals surface area contributed by atoms with Crippen molar-refractivity contribution in [2.75, 3.05) is 6.79 Å².